The molecule has 0 spiro atoms. The number of amides is 2. The number of carbonyl (C=O) groups excluding carboxylic acids is 2. The highest BCUT2D eigenvalue weighted by Gasteiger charge is 2.28. The zero-order valence-corrected chi connectivity index (χ0v) is 9.08. The molecule has 4 N–H and O–H groups in total. The van der Waals surface area contributed by atoms with Gasteiger partial charge in [0.25, 0.3) is 0 Å². The minimum Gasteiger partial charge on any atom is -0.355 e. The van der Waals surface area contributed by atoms with E-state index in [2.05, 4.69) is 17.6 Å². The van der Waals surface area contributed by atoms with Crippen molar-refractivity contribution in [2.24, 2.45) is 11.7 Å². The van der Waals surface area contributed by atoms with Crippen molar-refractivity contribution in [2.75, 3.05) is 13.1 Å². The van der Waals surface area contributed by atoms with Gasteiger partial charge in [-0.15, -0.1) is 0 Å². The van der Waals surface area contributed by atoms with Crippen LogP contribution in [0.3, 0.4) is 0 Å². The number of hydrogen-bond donors (Lipinski definition) is 3. The lowest BCUT2D eigenvalue weighted by Gasteiger charge is -2.17. The second kappa shape index (κ2) is 5.70. The molecule has 1 saturated heterocycles. The highest BCUT2D eigenvalue weighted by Crippen LogP contribution is 2.09. The molecule has 0 aromatic carbocycles. The monoisotopic (exact) mass is 213 g/mol. The molecular weight excluding hydrogens is 194 g/mol. The standard InChI is InChI=1S/C10H19N3O2/c1-2-3-8(5-11)13-10(15)7-4-9(14)12-6-7/h7-8H,2-6,11H2,1H3,(H,12,14)(H,13,15). The summed E-state index contributed by atoms with van der Waals surface area (Å²) in [5.74, 6) is -0.324. The maximum atomic E-state index is 11.7. The molecule has 0 aromatic heterocycles. The second-order valence-electron chi connectivity index (χ2n) is 3.94. The molecule has 0 saturated carbocycles. The smallest absolute Gasteiger partial charge is 0.225 e. The Morgan fingerprint density at radius 2 is 2.47 bits per heavy atom. The van der Waals surface area contributed by atoms with Crippen molar-refractivity contribution < 1.29 is 9.59 Å². The van der Waals surface area contributed by atoms with Crippen LogP contribution in [0.4, 0.5) is 0 Å². The molecule has 2 unspecified atom stereocenters. The second-order valence-corrected chi connectivity index (χ2v) is 3.94. The summed E-state index contributed by atoms with van der Waals surface area (Å²) in [6.45, 7) is 2.96. The Hall–Kier alpha value is -1.10. The molecule has 1 aliphatic heterocycles. The Kier molecular flexibility index (Phi) is 4.55. The minimum absolute atomic E-state index is 0.0400. The highest BCUT2D eigenvalue weighted by molar-refractivity contribution is 5.89. The predicted molar refractivity (Wildman–Crippen MR) is 57.0 cm³/mol. The van der Waals surface area contributed by atoms with Crippen molar-refractivity contribution >= 4 is 11.8 Å². The Morgan fingerprint density at radius 3 is 2.93 bits per heavy atom. The van der Waals surface area contributed by atoms with E-state index in [4.69, 9.17) is 5.73 Å². The SMILES string of the molecule is CCCC(CN)NC(=O)C1CNC(=O)C1. The molecule has 0 radical (unpaired) electrons. The fourth-order valence-electron chi connectivity index (χ4n) is 1.71. The normalized spacial score (nSPS) is 22.3. The van der Waals surface area contributed by atoms with Crippen LogP contribution in [-0.4, -0.2) is 30.9 Å². The van der Waals surface area contributed by atoms with Crippen molar-refractivity contribution in [1.82, 2.24) is 10.6 Å². The summed E-state index contributed by atoms with van der Waals surface area (Å²) in [7, 11) is 0. The fourth-order valence-corrected chi connectivity index (χ4v) is 1.71. The third-order valence-electron chi connectivity index (χ3n) is 2.62. The molecular formula is C10H19N3O2. The Labute approximate surface area is 89.8 Å². The minimum atomic E-state index is -0.219. The van der Waals surface area contributed by atoms with E-state index >= 15 is 0 Å². The fraction of sp³-hybridized carbons (Fsp3) is 0.800. The molecule has 2 atom stereocenters. The van der Waals surface area contributed by atoms with Gasteiger partial charge in [-0.1, -0.05) is 13.3 Å². The van der Waals surface area contributed by atoms with E-state index in [1.165, 1.54) is 0 Å². The topological polar surface area (TPSA) is 84.2 Å². The zero-order chi connectivity index (χ0) is 11.3. The van der Waals surface area contributed by atoms with Crippen LogP contribution in [-0.2, 0) is 9.59 Å². The van der Waals surface area contributed by atoms with Gasteiger partial charge in [-0.2, -0.15) is 0 Å². The Morgan fingerprint density at radius 1 is 1.73 bits per heavy atom. The average Bonchev–Trinajstić information content (AvgIpc) is 2.64. The summed E-state index contributed by atoms with van der Waals surface area (Å²) in [6.07, 6.45) is 2.18. The molecule has 0 aliphatic carbocycles. The first-order valence-corrected chi connectivity index (χ1v) is 5.44. The van der Waals surface area contributed by atoms with Crippen molar-refractivity contribution in [3.8, 4) is 0 Å². The molecule has 1 heterocycles. The maximum Gasteiger partial charge on any atom is 0.225 e. The third-order valence-corrected chi connectivity index (χ3v) is 2.62. The van der Waals surface area contributed by atoms with Crippen molar-refractivity contribution in [3.05, 3.63) is 0 Å². The molecule has 0 bridgehead atoms. The first-order chi connectivity index (χ1) is 7.17. The largest absolute Gasteiger partial charge is 0.355 e. The first kappa shape index (κ1) is 12.0. The molecule has 1 rings (SSSR count). The van der Waals surface area contributed by atoms with Crippen LogP contribution < -0.4 is 16.4 Å². The summed E-state index contributed by atoms with van der Waals surface area (Å²) in [4.78, 5) is 22.6. The highest BCUT2D eigenvalue weighted by atomic mass is 16.2. The molecule has 5 heteroatoms. The van der Waals surface area contributed by atoms with Gasteiger partial charge in [0.2, 0.25) is 11.8 Å². The number of nitrogens with two attached hydrogens (primary N) is 1. The van der Waals surface area contributed by atoms with Gasteiger partial charge in [-0.25, -0.2) is 0 Å². The lowest BCUT2D eigenvalue weighted by Crippen LogP contribution is -2.43. The third kappa shape index (κ3) is 3.51. The number of nitrogens with one attached hydrogen (secondary N) is 2. The Balaban J connectivity index is 2.36. The quantitative estimate of drug-likeness (QED) is 0.568. The zero-order valence-electron chi connectivity index (χ0n) is 9.08. The number of hydrogen-bond acceptors (Lipinski definition) is 3. The summed E-state index contributed by atoms with van der Waals surface area (Å²) < 4.78 is 0. The molecule has 2 amide bonds. The maximum absolute atomic E-state index is 11.7. The van der Waals surface area contributed by atoms with Crippen LogP contribution >= 0.6 is 0 Å². The molecule has 5 nitrogen and oxygen atoms in total. The van der Waals surface area contributed by atoms with Crippen LogP contribution in [0.2, 0.25) is 0 Å². The van der Waals surface area contributed by atoms with E-state index in [1.807, 2.05) is 0 Å². The van der Waals surface area contributed by atoms with Gasteiger partial charge in [0.1, 0.15) is 0 Å². The van der Waals surface area contributed by atoms with E-state index in [9.17, 15) is 9.59 Å². The summed E-state index contributed by atoms with van der Waals surface area (Å²) in [5.41, 5.74) is 5.54. The number of carbonyl (C=O) groups is 2. The van der Waals surface area contributed by atoms with Crippen molar-refractivity contribution in [1.29, 1.82) is 0 Å². The van der Waals surface area contributed by atoms with Gasteiger partial charge in [0.15, 0.2) is 0 Å². The van der Waals surface area contributed by atoms with Crippen molar-refractivity contribution in [2.45, 2.75) is 32.2 Å². The first-order valence-electron chi connectivity index (χ1n) is 5.44. The van der Waals surface area contributed by atoms with E-state index < -0.39 is 0 Å². The molecule has 1 fully saturated rings. The summed E-state index contributed by atoms with van der Waals surface area (Å²) in [6, 6.07) is 0.0400. The predicted octanol–water partition coefficient (Wildman–Crippen LogP) is -0.634. The van der Waals surface area contributed by atoms with Gasteiger partial charge in [-0.3, -0.25) is 9.59 Å². The van der Waals surface area contributed by atoms with Gasteiger partial charge in [0, 0.05) is 25.6 Å². The lowest BCUT2D eigenvalue weighted by molar-refractivity contribution is -0.127. The van der Waals surface area contributed by atoms with Gasteiger partial charge in [0.05, 0.1) is 5.92 Å². The molecule has 15 heavy (non-hydrogen) atoms. The van der Waals surface area contributed by atoms with Gasteiger partial charge >= 0.3 is 0 Å². The van der Waals surface area contributed by atoms with Crippen LogP contribution in [0.25, 0.3) is 0 Å². The number of rotatable bonds is 5. The summed E-state index contributed by atoms with van der Waals surface area (Å²) >= 11 is 0. The molecule has 0 aromatic rings. The molecule has 86 valence electrons. The van der Waals surface area contributed by atoms with Crippen LogP contribution in [0.1, 0.15) is 26.2 Å². The molecule has 1 aliphatic rings. The van der Waals surface area contributed by atoms with E-state index in [1.54, 1.807) is 0 Å². The Bertz CT molecular complexity index is 243. The van der Waals surface area contributed by atoms with Crippen LogP contribution in [0.15, 0.2) is 0 Å². The van der Waals surface area contributed by atoms with Crippen LogP contribution in [0.5, 0.6) is 0 Å². The van der Waals surface area contributed by atoms with Crippen molar-refractivity contribution in [3.63, 3.8) is 0 Å². The van der Waals surface area contributed by atoms with E-state index in [0.29, 0.717) is 19.5 Å². The average molecular weight is 213 g/mol. The van der Waals surface area contributed by atoms with Gasteiger partial charge < -0.3 is 16.4 Å². The summed E-state index contributed by atoms with van der Waals surface area (Å²) in [5, 5.41) is 5.52. The lowest BCUT2D eigenvalue weighted by atomic mass is 10.1. The van der Waals surface area contributed by atoms with Gasteiger partial charge in [-0.05, 0) is 6.42 Å². The van der Waals surface area contributed by atoms with Crippen LogP contribution in [0, 0.1) is 5.92 Å². The van der Waals surface area contributed by atoms with E-state index in [0.717, 1.165) is 12.8 Å². The van der Waals surface area contributed by atoms with E-state index in [-0.39, 0.29) is 23.8 Å².